The summed E-state index contributed by atoms with van der Waals surface area (Å²) in [4.78, 5) is 4.80. The van der Waals surface area contributed by atoms with Gasteiger partial charge in [0.15, 0.2) is 0 Å². The summed E-state index contributed by atoms with van der Waals surface area (Å²) in [6.07, 6.45) is 0.340. The number of nitrogens with zero attached hydrogens (tertiary/aromatic N) is 2. The van der Waals surface area contributed by atoms with Crippen molar-refractivity contribution in [1.29, 1.82) is 0 Å². The number of fused-ring (bicyclic) bond motifs is 1. The third kappa shape index (κ3) is 1.79. The molecular weight excluding hydrogens is 244 g/mol. The van der Waals surface area contributed by atoms with Crippen LogP contribution in [0.4, 0.5) is 17.1 Å². The van der Waals surface area contributed by atoms with E-state index in [0.29, 0.717) is 6.17 Å². The van der Waals surface area contributed by atoms with Crippen LogP contribution in [0, 0.1) is 20.8 Å². The summed E-state index contributed by atoms with van der Waals surface area (Å²) < 4.78 is 0. The first-order valence-electron chi connectivity index (χ1n) is 7.19. The maximum absolute atomic E-state index is 2.44. The van der Waals surface area contributed by atoms with Crippen molar-refractivity contribution in [2.75, 3.05) is 16.8 Å². The van der Waals surface area contributed by atoms with E-state index in [9.17, 15) is 0 Å². The van der Waals surface area contributed by atoms with Crippen LogP contribution >= 0.6 is 0 Å². The van der Waals surface area contributed by atoms with Gasteiger partial charge >= 0.3 is 0 Å². The Morgan fingerprint density at radius 3 is 2.05 bits per heavy atom. The van der Waals surface area contributed by atoms with E-state index in [2.05, 4.69) is 80.9 Å². The second-order valence-corrected chi connectivity index (χ2v) is 5.82. The molecule has 1 heterocycles. The minimum absolute atomic E-state index is 0.340. The molecule has 0 spiro atoms. The van der Waals surface area contributed by atoms with Gasteiger partial charge in [0, 0.05) is 12.7 Å². The molecule has 0 aromatic heterocycles. The summed E-state index contributed by atoms with van der Waals surface area (Å²) >= 11 is 0. The van der Waals surface area contributed by atoms with Gasteiger partial charge in [0.2, 0.25) is 0 Å². The van der Waals surface area contributed by atoms with Crippen LogP contribution in [0.1, 0.15) is 23.6 Å². The monoisotopic (exact) mass is 266 g/mol. The average molecular weight is 266 g/mol. The van der Waals surface area contributed by atoms with Crippen LogP contribution in [0.5, 0.6) is 0 Å². The predicted molar refractivity (Wildman–Crippen MR) is 87.1 cm³/mol. The highest BCUT2D eigenvalue weighted by molar-refractivity contribution is 5.85. The first-order valence-corrected chi connectivity index (χ1v) is 7.19. The zero-order valence-electron chi connectivity index (χ0n) is 12.9. The quantitative estimate of drug-likeness (QED) is 0.747. The zero-order valence-corrected chi connectivity index (χ0v) is 12.9. The SMILES string of the molecule is Cc1cc2c(cc1C)N(c1ccccc1C)C(C)N2C. The molecule has 0 N–H and O–H groups in total. The molecule has 0 amide bonds. The number of para-hydroxylation sites is 1. The summed E-state index contributed by atoms with van der Waals surface area (Å²) in [7, 11) is 2.18. The van der Waals surface area contributed by atoms with E-state index in [0.717, 1.165) is 0 Å². The number of hydrogen-bond donors (Lipinski definition) is 0. The molecule has 0 saturated heterocycles. The molecule has 2 aromatic rings. The largest absolute Gasteiger partial charge is 0.353 e. The van der Waals surface area contributed by atoms with Gasteiger partial charge in [-0.3, -0.25) is 0 Å². The van der Waals surface area contributed by atoms with Gasteiger partial charge in [0.1, 0.15) is 6.17 Å². The van der Waals surface area contributed by atoms with Crippen molar-refractivity contribution >= 4 is 17.1 Å². The van der Waals surface area contributed by atoms with E-state index < -0.39 is 0 Å². The Bertz CT molecular complexity index is 660. The summed E-state index contributed by atoms with van der Waals surface area (Å²) in [5, 5.41) is 0. The molecule has 104 valence electrons. The molecule has 3 rings (SSSR count). The Kier molecular flexibility index (Phi) is 2.97. The highest BCUT2D eigenvalue weighted by Gasteiger charge is 2.32. The van der Waals surface area contributed by atoms with Crippen molar-refractivity contribution in [1.82, 2.24) is 0 Å². The van der Waals surface area contributed by atoms with Crippen molar-refractivity contribution in [2.45, 2.75) is 33.9 Å². The van der Waals surface area contributed by atoms with Crippen molar-refractivity contribution < 1.29 is 0 Å². The van der Waals surface area contributed by atoms with E-state index in [1.807, 2.05) is 0 Å². The second-order valence-electron chi connectivity index (χ2n) is 5.82. The van der Waals surface area contributed by atoms with Gasteiger partial charge in [-0.1, -0.05) is 18.2 Å². The molecule has 0 radical (unpaired) electrons. The van der Waals surface area contributed by atoms with Crippen LogP contribution in [0.3, 0.4) is 0 Å². The van der Waals surface area contributed by atoms with Gasteiger partial charge in [0.05, 0.1) is 11.4 Å². The summed E-state index contributed by atoms with van der Waals surface area (Å²) in [6.45, 7) is 8.82. The standard InChI is InChI=1S/C18H22N2/c1-12-8-6-7-9-16(12)20-15(4)19(5)17-10-13(2)14(3)11-18(17)20/h6-11,15H,1-5H3. The molecule has 0 fully saturated rings. The van der Waals surface area contributed by atoms with Crippen LogP contribution in [0.25, 0.3) is 0 Å². The van der Waals surface area contributed by atoms with Gasteiger partial charge in [0.25, 0.3) is 0 Å². The molecule has 1 atom stereocenters. The lowest BCUT2D eigenvalue weighted by atomic mass is 10.1. The van der Waals surface area contributed by atoms with Gasteiger partial charge in [-0.2, -0.15) is 0 Å². The molecule has 2 heteroatoms. The number of aryl methyl sites for hydroxylation is 3. The molecule has 0 bridgehead atoms. The lowest BCUT2D eigenvalue weighted by Crippen LogP contribution is -2.35. The summed E-state index contributed by atoms with van der Waals surface area (Å²) in [6, 6.07) is 13.2. The van der Waals surface area contributed by atoms with E-state index in [-0.39, 0.29) is 0 Å². The topological polar surface area (TPSA) is 6.48 Å². The Hall–Kier alpha value is -1.96. The predicted octanol–water partition coefficient (Wildman–Crippen LogP) is 4.55. The lowest BCUT2D eigenvalue weighted by Gasteiger charge is -2.29. The zero-order chi connectivity index (χ0) is 14.4. The van der Waals surface area contributed by atoms with Crippen LogP contribution in [0.15, 0.2) is 36.4 Å². The number of anilines is 3. The van der Waals surface area contributed by atoms with E-state index in [1.54, 1.807) is 0 Å². The third-order valence-corrected chi connectivity index (χ3v) is 4.54. The highest BCUT2D eigenvalue weighted by Crippen LogP contribution is 2.45. The Labute approximate surface area is 121 Å². The molecule has 1 aliphatic heterocycles. The molecule has 0 aliphatic carbocycles. The van der Waals surface area contributed by atoms with Crippen LogP contribution < -0.4 is 9.80 Å². The third-order valence-electron chi connectivity index (χ3n) is 4.54. The molecule has 2 aromatic carbocycles. The molecule has 1 aliphatic rings. The van der Waals surface area contributed by atoms with Gasteiger partial charge in [-0.15, -0.1) is 0 Å². The van der Waals surface area contributed by atoms with Crippen molar-refractivity contribution in [2.24, 2.45) is 0 Å². The Balaban J connectivity index is 2.20. The smallest absolute Gasteiger partial charge is 0.103 e. The molecular formula is C18H22N2. The van der Waals surface area contributed by atoms with Crippen LogP contribution in [0.2, 0.25) is 0 Å². The van der Waals surface area contributed by atoms with Crippen molar-refractivity contribution in [3.8, 4) is 0 Å². The minimum Gasteiger partial charge on any atom is -0.353 e. The van der Waals surface area contributed by atoms with Crippen LogP contribution in [-0.2, 0) is 0 Å². The summed E-state index contributed by atoms with van der Waals surface area (Å²) in [5.74, 6) is 0. The summed E-state index contributed by atoms with van der Waals surface area (Å²) in [5.41, 5.74) is 7.97. The van der Waals surface area contributed by atoms with Gasteiger partial charge < -0.3 is 9.80 Å². The lowest BCUT2D eigenvalue weighted by molar-refractivity contribution is 0.732. The Morgan fingerprint density at radius 1 is 0.800 bits per heavy atom. The molecule has 0 saturated carbocycles. The number of benzene rings is 2. The van der Waals surface area contributed by atoms with Crippen molar-refractivity contribution in [3.05, 3.63) is 53.1 Å². The minimum atomic E-state index is 0.340. The first kappa shape index (κ1) is 13.0. The highest BCUT2D eigenvalue weighted by atomic mass is 15.4. The fourth-order valence-electron chi connectivity index (χ4n) is 3.00. The molecule has 2 nitrogen and oxygen atoms in total. The maximum atomic E-state index is 2.44. The van der Waals surface area contributed by atoms with Crippen LogP contribution in [-0.4, -0.2) is 13.2 Å². The maximum Gasteiger partial charge on any atom is 0.103 e. The van der Waals surface area contributed by atoms with Gasteiger partial charge in [-0.05, 0) is 62.6 Å². The second kappa shape index (κ2) is 4.55. The fraction of sp³-hybridized carbons (Fsp3) is 0.333. The molecule has 20 heavy (non-hydrogen) atoms. The van der Waals surface area contributed by atoms with E-state index in [4.69, 9.17) is 0 Å². The average Bonchev–Trinajstić information content (AvgIpc) is 2.65. The number of hydrogen-bond acceptors (Lipinski definition) is 2. The van der Waals surface area contributed by atoms with E-state index >= 15 is 0 Å². The first-order chi connectivity index (χ1) is 9.50. The Morgan fingerprint density at radius 2 is 1.40 bits per heavy atom. The van der Waals surface area contributed by atoms with E-state index in [1.165, 1.54) is 33.8 Å². The molecule has 1 unspecified atom stereocenters. The fourth-order valence-corrected chi connectivity index (χ4v) is 3.00. The number of rotatable bonds is 1. The van der Waals surface area contributed by atoms with Crippen molar-refractivity contribution in [3.63, 3.8) is 0 Å². The normalized spacial score (nSPS) is 17.6. The van der Waals surface area contributed by atoms with Gasteiger partial charge in [-0.25, -0.2) is 0 Å².